The first-order valence-electron chi connectivity index (χ1n) is 5.26. The molecule has 0 aliphatic carbocycles. The van der Waals surface area contributed by atoms with Crippen molar-refractivity contribution >= 4 is 33.0 Å². The van der Waals surface area contributed by atoms with Gasteiger partial charge in [-0.25, -0.2) is 0 Å². The van der Waals surface area contributed by atoms with E-state index in [0.717, 1.165) is 15.7 Å². The first-order chi connectivity index (χ1) is 8.19. The van der Waals surface area contributed by atoms with Gasteiger partial charge in [0, 0.05) is 26.0 Å². The van der Waals surface area contributed by atoms with Crippen molar-refractivity contribution in [3.05, 3.63) is 50.6 Å². The average molecular weight is 306 g/mol. The van der Waals surface area contributed by atoms with Crippen LogP contribution in [0, 0.1) is 12.3 Å². The van der Waals surface area contributed by atoms with Gasteiger partial charge in [-0.15, -0.1) is 17.8 Å². The Kier molecular flexibility index (Phi) is 3.88. The Morgan fingerprint density at radius 1 is 1.41 bits per heavy atom. The molecule has 0 radical (unpaired) electrons. The van der Waals surface area contributed by atoms with Crippen LogP contribution in [0.5, 0.6) is 0 Å². The molecule has 1 aromatic heterocycles. The van der Waals surface area contributed by atoms with E-state index in [0.29, 0.717) is 0 Å². The van der Waals surface area contributed by atoms with Crippen molar-refractivity contribution in [3.8, 4) is 12.3 Å². The lowest BCUT2D eigenvalue weighted by atomic mass is 10.2. The van der Waals surface area contributed by atoms with Gasteiger partial charge in [0.2, 0.25) is 0 Å². The van der Waals surface area contributed by atoms with Crippen molar-refractivity contribution in [2.24, 2.45) is 0 Å². The molecule has 17 heavy (non-hydrogen) atoms. The highest BCUT2D eigenvalue weighted by molar-refractivity contribution is 9.10. The fourth-order valence-electron chi connectivity index (χ4n) is 1.58. The summed E-state index contributed by atoms with van der Waals surface area (Å²) in [6.45, 7) is 2.14. The van der Waals surface area contributed by atoms with E-state index < -0.39 is 0 Å². The molecule has 1 aromatic carbocycles. The molecule has 2 rings (SSSR count). The van der Waals surface area contributed by atoms with Crippen molar-refractivity contribution in [2.75, 3.05) is 5.32 Å². The summed E-state index contributed by atoms with van der Waals surface area (Å²) in [5, 5.41) is 5.53. The van der Waals surface area contributed by atoms with Crippen LogP contribution in [0.25, 0.3) is 0 Å². The molecular weight excluding hydrogens is 294 g/mol. The Morgan fingerprint density at radius 3 is 2.88 bits per heavy atom. The minimum absolute atomic E-state index is 0.277. The second kappa shape index (κ2) is 5.39. The van der Waals surface area contributed by atoms with Crippen molar-refractivity contribution in [1.29, 1.82) is 0 Å². The largest absolute Gasteiger partial charge is 0.378 e. The maximum atomic E-state index is 5.38. The van der Waals surface area contributed by atoms with E-state index in [4.69, 9.17) is 6.42 Å². The number of halogens is 1. The molecule has 0 amide bonds. The number of rotatable bonds is 3. The summed E-state index contributed by atoms with van der Waals surface area (Å²) in [7, 11) is 0. The third-order valence-electron chi connectivity index (χ3n) is 2.43. The number of thiophene rings is 1. The maximum absolute atomic E-state index is 5.38. The first kappa shape index (κ1) is 12.2. The summed E-state index contributed by atoms with van der Waals surface area (Å²) in [4.78, 5) is 1.29. The SMILES string of the molecule is C#Cc1cccc(NC(C)c2cc(Br)cs2)c1. The van der Waals surface area contributed by atoms with Crippen LogP contribution in [-0.2, 0) is 0 Å². The second-order valence-corrected chi connectivity index (χ2v) is 5.62. The summed E-state index contributed by atoms with van der Waals surface area (Å²) in [6, 6.07) is 10.3. The molecule has 0 fully saturated rings. The van der Waals surface area contributed by atoms with Crippen LogP contribution in [0.2, 0.25) is 0 Å². The number of nitrogens with one attached hydrogen (secondary N) is 1. The molecule has 0 aliphatic heterocycles. The molecule has 3 heteroatoms. The molecule has 0 saturated carbocycles. The highest BCUT2D eigenvalue weighted by atomic mass is 79.9. The molecule has 1 heterocycles. The van der Waals surface area contributed by atoms with Crippen molar-refractivity contribution in [1.82, 2.24) is 0 Å². The molecule has 1 N–H and O–H groups in total. The molecule has 1 atom stereocenters. The van der Waals surface area contributed by atoms with Gasteiger partial charge in [0.15, 0.2) is 0 Å². The molecule has 1 unspecified atom stereocenters. The monoisotopic (exact) mass is 305 g/mol. The van der Waals surface area contributed by atoms with E-state index in [1.165, 1.54) is 4.88 Å². The summed E-state index contributed by atoms with van der Waals surface area (Å²) >= 11 is 5.20. The van der Waals surface area contributed by atoms with Gasteiger partial charge in [-0.2, -0.15) is 0 Å². The molecule has 86 valence electrons. The van der Waals surface area contributed by atoms with Crippen LogP contribution in [0.3, 0.4) is 0 Å². The van der Waals surface area contributed by atoms with Gasteiger partial charge in [-0.05, 0) is 47.1 Å². The third kappa shape index (κ3) is 3.12. The van der Waals surface area contributed by atoms with Crippen LogP contribution in [0.15, 0.2) is 40.2 Å². The Morgan fingerprint density at radius 2 is 2.24 bits per heavy atom. The number of anilines is 1. The summed E-state index contributed by atoms with van der Waals surface area (Å²) < 4.78 is 1.13. The lowest BCUT2D eigenvalue weighted by Crippen LogP contribution is -2.04. The van der Waals surface area contributed by atoms with E-state index in [-0.39, 0.29) is 6.04 Å². The normalized spacial score (nSPS) is 11.8. The first-order valence-corrected chi connectivity index (χ1v) is 6.93. The summed E-state index contributed by atoms with van der Waals surface area (Å²) in [6.07, 6.45) is 5.38. The van der Waals surface area contributed by atoms with Gasteiger partial charge in [0.05, 0.1) is 6.04 Å². The molecular formula is C14H12BrNS. The quantitative estimate of drug-likeness (QED) is 0.813. The highest BCUT2D eigenvalue weighted by Gasteiger charge is 2.07. The number of hydrogen-bond acceptors (Lipinski definition) is 2. The molecule has 0 saturated heterocycles. The number of benzene rings is 1. The zero-order chi connectivity index (χ0) is 12.3. The highest BCUT2D eigenvalue weighted by Crippen LogP contribution is 2.27. The lowest BCUT2D eigenvalue weighted by molar-refractivity contribution is 0.907. The van der Waals surface area contributed by atoms with E-state index in [2.05, 4.69) is 45.5 Å². The zero-order valence-electron chi connectivity index (χ0n) is 9.41. The van der Waals surface area contributed by atoms with Gasteiger partial charge in [0.1, 0.15) is 0 Å². The Labute approximate surface area is 114 Å². The minimum Gasteiger partial charge on any atom is -0.378 e. The molecule has 0 bridgehead atoms. The zero-order valence-corrected chi connectivity index (χ0v) is 11.8. The van der Waals surface area contributed by atoms with Gasteiger partial charge < -0.3 is 5.32 Å². The fourth-order valence-corrected chi connectivity index (χ4v) is 3.03. The van der Waals surface area contributed by atoms with E-state index in [9.17, 15) is 0 Å². The number of hydrogen-bond donors (Lipinski definition) is 1. The van der Waals surface area contributed by atoms with Crippen LogP contribution in [0.4, 0.5) is 5.69 Å². The van der Waals surface area contributed by atoms with Crippen molar-refractivity contribution < 1.29 is 0 Å². The molecule has 2 aromatic rings. The van der Waals surface area contributed by atoms with Crippen LogP contribution < -0.4 is 5.32 Å². The van der Waals surface area contributed by atoms with Gasteiger partial charge in [-0.3, -0.25) is 0 Å². The topological polar surface area (TPSA) is 12.0 Å². The van der Waals surface area contributed by atoms with E-state index in [1.807, 2.05) is 24.3 Å². The van der Waals surface area contributed by atoms with Crippen molar-refractivity contribution in [2.45, 2.75) is 13.0 Å². The summed E-state index contributed by atoms with van der Waals surface area (Å²) in [5.74, 6) is 2.64. The third-order valence-corrected chi connectivity index (χ3v) is 4.30. The predicted octanol–water partition coefficient (Wildman–Crippen LogP) is 4.67. The smallest absolute Gasteiger partial charge is 0.0578 e. The molecule has 0 spiro atoms. The van der Waals surface area contributed by atoms with Crippen molar-refractivity contribution in [3.63, 3.8) is 0 Å². The number of terminal acetylenes is 1. The fraction of sp³-hybridized carbons (Fsp3) is 0.143. The molecule has 1 nitrogen and oxygen atoms in total. The molecule has 0 aliphatic rings. The van der Waals surface area contributed by atoms with Gasteiger partial charge >= 0.3 is 0 Å². The summed E-state index contributed by atoms with van der Waals surface area (Å²) in [5.41, 5.74) is 1.95. The van der Waals surface area contributed by atoms with Gasteiger partial charge in [-0.1, -0.05) is 12.0 Å². The minimum atomic E-state index is 0.277. The second-order valence-electron chi connectivity index (χ2n) is 3.76. The van der Waals surface area contributed by atoms with E-state index >= 15 is 0 Å². The lowest BCUT2D eigenvalue weighted by Gasteiger charge is -2.13. The Bertz CT molecular complexity index is 553. The van der Waals surface area contributed by atoms with Crippen LogP contribution in [-0.4, -0.2) is 0 Å². The Hall–Kier alpha value is -1.24. The average Bonchev–Trinajstić information content (AvgIpc) is 2.76. The van der Waals surface area contributed by atoms with Crippen LogP contribution >= 0.6 is 27.3 Å². The maximum Gasteiger partial charge on any atom is 0.0578 e. The predicted molar refractivity (Wildman–Crippen MR) is 78.4 cm³/mol. The van der Waals surface area contributed by atoms with Gasteiger partial charge in [0.25, 0.3) is 0 Å². The Balaban J connectivity index is 2.13. The van der Waals surface area contributed by atoms with E-state index in [1.54, 1.807) is 11.3 Å². The standard InChI is InChI=1S/C14H12BrNS/c1-3-11-5-4-6-13(7-11)16-10(2)14-8-12(15)9-17-14/h1,4-10,16H,2H3. The van der Waals surface area contributed by atoms with Crippen LogP contribution in [0.1, 0.15) is 23.4 Å².